The molecule has 2 aromatic rings. The van der Waals surface area contributed by atoms with Gasteiger partial charge in [0.25, 0.3) is 5.91 Å². The lowest BCUT2D eigenvalue weighted by Gasteiger charge is -2.09. The summed E-state index contributed by atoms with van der Waals surface area (Å²) >= 11 is 7.71. The summed E-state index contributed by atoms with van der Waals surface area (Å²) in [7, 11) is 0. The third kappa shape index (κ3) is 3.43. The molecule has 0 spiro atoms. The molecule has 2 rings (SSSR count). The van der Waals surface area contributed by atoms with Crippen molar-refractivity contribution >= 4 is 44.7 Å². The van der Waals surface area contributed by atoms with Crippen molar-refractivity contribution in [3.63, 3.8) is 0 Å². The van der Waals surface area contributed by atoms with Crippen LogP contribution in [0.1, 0.15) is 15.9 Å². The Labute approximate surface area is 133 Å². The summed E-state index contributed by atoms with van der Waals surface area (Å²) < 4.78 is 27.8. The summed E-state index contributed by atoms with van der Waals surface area (Å²) in [5.74, 6) is -2.17. The van der Waals surface area contributed by atoms with Crippen LogP contribution in [0.25, 0.3) is 0 Å². The molecule has 0 aliphatic heterocycles. The highest BCUT2D eigenvalue weighted by atomic mass is 79.9. The fourth-order valence-corrected chi connectivity index (χ4v) is 2.13. The number of amides is 1. The van der Waals surface area contributed by atoms with Gasteiger partial charge in [0.05, 0.1) is 15.7 Å². The highest BCUT2D eigenvalue weighted by molar-refractivity contribution is 9.10. The van der Waals surface area contributed by atoms with Gasteiger partial charge in [0.1, 0.15) is 16.6 Å². The first-order valence-corrected chi connectivity index (χ1v) is 6.95. The maximum absolute atomic E-state index is 13.8. The molecule has 0 radical (unpaired) electrons. The minimum absolute atomic E-state index is 0.0461. The molecule has 3 N–H and O–H groups in total. The fourth-order valence-electron chi connectivity index (χ4n) is 1.64. The molecule has 0 fully saturated rings. The number of anilines is 1. The van der Waals surface area contributed by atoms with Crippen molar-refractivity contribution in [3.05, 3.63) is 63.6 Å². The van der Waals surface area contributed by atoms with Crippen LogP contribution in [0.2, 0.25) is 0 Å². The Morgan fingerprint density at radius 1 is 1.24 bits per heavy atom. The zero-order valence-electron chi connectivity index (χ0n) is 10.5. The predicted octanol–water partition coefficient (Wildman–Crippen LogP) is 3.61. The number of hydrogen-bond acceptors (Lipinski definition) is 2. The Hall–Kier alpha value is -1.86. The molecule has 0 aliphatic carbocycles. The topological polar surface area (TPSA) is 55.1 Å². The van der Waals surface area contributed by atoms with E-state index in [1.165, 1.54) is 30.3 Å². The Kier molecular flexibility index (Phi) is 4.64. The van der Waals surface area contributed by atoms with Crippen LogP contribution < -0.4 is 11.1 Å². The minimum Gasteiger partial charge on any atom is -0.389 e. The van der Waals surface area contributed by atoms with Gasteiger partial charge in [0, 0.05) is 5.56 Å². The summed E-state index contributed by atoms with van der Waals surface area (Å²) in [6.07, 6.45) is 0. The Morgan fingerprint density at radius 2 is 1.95 bits per heavy atom. The number of halogens is 3. The molecule has 0 unspecified atom stereocenters. The molecule has 2 aromatic carbocycles. The summed E-state index contributed by atoms with van der Waals surface area (Å²) in [6, 6.07) is 8.17. The van der Waals surface area contributed by atoms with Crippen molar-refractivity contribution in [2.45, 2.75) is 0 Å². The molecule has 0 aromatic heterocycles. The Bertz CT molecular complexity index is 737. The van der Waals surface area contributed by atoms with Gasteiger partial charge in [-0.05, 0) is 46.3 Å². The molecule has 108 valence electrons. The van der Waals surface area contributed by atoms with Crippen LogP contribution in [-0.2, 0) is 0 Å². The Morgan fingerprint density at radius 3 is 2.57 bits per heavy atom. The molecule has 0 heterocycles. The first kappa shape index (κ1) is 15.5. The van der Waals surface area contributed by atoms with E-state index in [1.807, 2.05) is 0 Å². The SMILES string of the molecule is NC(=S)c1ccc(NC(=O)c2cccc(Br)c2F)c(F)c1. The largest absolute Gasteiger partial charge is 0.389 e. The van der Waals surface area contributed by atoms with Crippen LogP contribution in [0.15, 0.2) is 40.9 Å². The van der Waals surface area contributed by atoms with E-state index in [0.29, 0.717) is 5.56 Å². The van der Waals surface area contributed by atoms with Gasteiger partial charge in [-0.3, -0.25) is 4.79 Å². The zero-order valence-corrected chi connectivity index (χ0v) is 12.9. The molecule has 21 heavy (non-hydrogen) atoms. The average molecular weight is 371 g/mol. The number of carbonyl (C=O) groups excluding carboxylic acids is 1. The molecule has 3 nitrogen and oxygen atoms in total. The van der Waals surface area contributed by atoms with E-state index >= 15 is 0 Å². The van der Waals surface area contributed by atoms with E-state index in [0.717, 1.165) is 6.07 Å². The molecule has 1 amide bonds. The number of hydrogen-bond donors (Lipinski definition) is 2. The summed E-state index contributed by atoms with van der Waals surface area (Å²) in [5.41, 5.74) is 5.45. The molecule has 0 atom stereocenters. The lowest BCUT2D eigenvalue weighted by molar-refractivity contribution is 0.102. The van der Waals surface area contributed by atoms with Crippen LogP contribution >= 0.6 is 28.1 Å². The third-order valence-corrected chi connectivity index (χ3v) is 3.55. The molecule has 7 heteroatoms. The normalized spacial score (nSPS) is 10.2. The van der Waals surface area contributed by atoms with Crippen LogP contribution in [0.3, 0.4) is 0 Å². The van der Waals surface area contributed by atoms with E-state index in [-0.39, 0.29) is 20.7 Å². The second-order valence-corrected chi connectivity index (χ2v) is 5.41. The fraction of sp³-hybridized carbons (Fsp3) is 0. The first-order valence-electron chi connectivity index (χ1n) is 5.75. The van der Waals surface area contributed by atoms with Gasteiger partial charge in [-0.2, -0.15) is 0 Å². The van der Waals surface area contributed by atoms with Gasteiger partial charge in [0.15, 0.2) is 0 Å². The second kappa shape index (κ2) is 6.28. The quantitative estimate of drug-likeness (QED) is 0.811. The lowest BCUT2D eigenvalue weighted by Crippen LogP contribution is -2.16. The van der Waals surface area contributed by atoms with Crippen molar-refractivity contribution in [2.75, 3.05) is 5.32 Å². The van der Waals surface area contributed by atoms with E-state index in [2.05, 4.69) is 21.2 Å². The molecular formula is C14H9BrF2N2OS. The van der Waals surface area contributed by atoms with Crippen LogP contribution in [0.5, 0.6) is 0 Å². The van der Waals surface area contributed by atoms with E-state index in [1.54, 1.807) is 0 Å². The van der Waals surface area contributed by atoms with Gasteiger partial charge < -0.3 is 11.1 Å². The van der Waals surface area contributed by atoms with Crippen LogP contribution in [-0.4, -0.2) is 10.9 Å². The molecule has 0 saturated carbocycles. The second-order valence-electron chi connectivity index (χ2n) is 4.11. The number of thiocarbonyl (C=S) groups is 1. The van der Waals surface area contributed by atoms with Gasteiger partial charge in [-0.25, -0.2) is 8.78 Å². The highest BCUT2D eigenvalue weighted by Gasteiger charge is 2.15. The average Bonchev–Trinajstić information content (AvgIpc) is 2.43. The smallest absolute Gasteiger partial charge is 0.258 e. The summed E-state index contributed by atoms with van der Waals surface area (Å²) in [4.78, 5) is 12.0. The van der Waals surface area contributed by atoms with Crippen molar-refractivity contribution in [3.8, 4) is 0 Å². The number of nitrogens with one attached hydrogen (secondary N) is 1. The zero-order chi connectivity index (χ0) is 15.6. The van der Waals surface area contributed by atoms with Crippen LogP contribution in [0, 0.1) is 11.6 Å². The van der Waals surface area contributed by atoms with Crippen molar-refractivity contribution in [2.24, 2.45) is 5.73 Å². The first-order chi connectivity index (χ1) is 9.90. The molecular weight excluding hydrogens is 362 g/mol. The number of nitrogens with two attached hydrogens (primary N) is 1. The van der Waals surface area contributed by atoms with Gasteiger partial charge >= 0.3 is 0 Å². The highest BCUT2D eigenvalue weighted by Crippen LogP contribution is 2.21. The lowest BCUT2D eigenvalue weighted by atomic mass is 10.1. The molecule has 0 aliphatic rings. The third-order valence-electron chi connectivity index (χ3n) is 2.70. The number of rotatable bonds is 3. The predicted molar refractivity (Wildman–Crippen MR) is 84.3 cm³/mol. The Balaban J connectivity index is 2.28. The standard InChI is InChI=1S/C14H9BrF2N2OS/c15-9-3-1-2-8(12(9)17)14(20)19-11-5-4-7(13(18)21)6-10(11)16/h1-6H,(H2,18,21)(H,19,20). The minimum atomic E-state index is -0.754. The van der Waals surface area contributed by atoms with Gasteiger partial charge in [-0.1, -0.05) is 18.3 Å². The van der Waals surface area contributed by atoms with Crippen molar-refractivity contribution < 1.29 is 13.6 Å². The van der Waals surface area contributed by atoms with Gasteiger partial charge in [0.2, 0.25) is 0 Å². The molecule has 0 saturated heterocycles. The van der Waals surface area contributed by atoms with E-state index in [4.69, 9.17) is 18.0 Å². The van der Waals surface area contributed by atoms with Crippen LogP contribution in [0.4, 0.5) is 14.5 Å². The number of carbonyl (C=O) groups is 1. The van der Waals surface area contributed by atoms with E-state index in [9.17, 15) is 13.6 Å². The van der Waals surface area contributed by atoms with Crippen molar-refractivity contribution in [1.82, 2.24) is 0 Å². The maximum atomic E-state index is 13.8. The monoisotopic (exact) mass is 370 g/mol. The molecule has 0 bridgehead atoms. The summed E-state index contributed by atoms with van der Waals surface area (Å²) in [5, 5.41) is 2.30. The number of benzene rings is 2. The summed E-state index contributed by atoms with van der Waals surface area (Å²) in [6.45, 7) is 0. The maximum Gasteiger partial charge on any atom is 0.258 e. The van der Waals surface area contributed by atoms with E-state index < -0.39 is 17.5 Å². The van der Waals surface area contributed by atoms with Gasteiger partial charge in [-0.15, -0.1) is 0 Å². The van der Waals surface area contributed by atoms with Crippen molar-refractivity contribution in [1.29, 1.82) is 0 Å².